The van der Waals surface area contributed by atoms with Crippen LogP contribution < -0.4 is 9.62 Å². The number of halogens is 2. The average molecular weight is 574 g/mol. The number of nitrogens with one attached hydrogen (secondary N) is 1. The minimum absolute atomic E-state index is 0.00677. The molecule has 2 amide bonds. The lowest BCUT2D eigenvalue weighted by atomic mass is 10.1. The summed E-state index contributed by atoms with van der Waals surface area (Å²) in [4.78, 5) is 28.4. The van der Waals surface area contributed by atoms with Crippen molar-refractivity contribution in [3.05, 3.63) is 94.8 Å². The predicted octanol–water partition coefficient (Wildman–Crippen LogP) is 5.32. The number of nitrogens with zero attached hydrogens (tertiary/aromatic N) is 2. The molecular formula is C29H33ClFN3O4S. The van der Waals surface area contributed by atoms with Crippen molar-refractivity contribution in [2.75, 3.05) is 17.4 Å². The lowest BCUT2D eigenvalue weighted by molar-refractivity contribution is -0.140. The van der Waals surface area contributed by atoms with Gasteiger partial charge < -0.3 is 10.2 Å². The van der Waals surface area contributed by atoms with Gasteiger partial charge in [-0.3, -0.25) is 13.9 Å². The number of amides is 2. The van der Waals surface area contributed by atoms with E-state index in [1.54, 1.807) is 44.2 Å². The van der Waals surface area contributed by atoms with Crippen LogP contribution in [0.25, 0.3) is 0 Å². The molecule has 3 aromatic carbocycles. The highest BCUT2D eigenvalue weighted by Gasteiger charge is 2.33. The number of rotatable bonds is 12. The summed E-state index contributed by atoms with van der Waals surface area (Å²) in [6, 6.07) is 17.3. The van der Waals surface area contributed by atoms with E-state index >= 15 is 0 Å². The van der Waals surface area contributed by atoms with Gasteiger partial charge in [0.2, 0.25) is 11.8 Å². The molecule has 0 aliphatic heterocycles. The zero-order valence-corrected chi connectivity index (χ0v) is 23.8. The van der Waals surface area contributed by atoms with Crippen LogP contribution in [0.5, 0.6) is 0 Å². The maximum Gasteiger partial charge on any atom is 0.264 e. The second-order valence-corrected chi connectivity index (χ2v) is 11.4. The van der Waals surface area contributed by atoms with E-state index in [2.05, 4.69) is 5.32 Å². The van der Waals surface area contributed by atoms with E-state index in [0.717, 1.165) is 9.87 Å². The van der Waals surface area contributed by atoms with Crippen LogP contribution >= 0.6 is 11.6 Å². The third-order valence-corrected chi connectivity index (χ3v) is 8.45. The maximum atomic E-state index is 13.9. The van der Waals surface area contributed by atoms with E-state index in [-0.39, 0.29) is 23.0 Å². The summed E-state index contributed by atoms with van der Waals surface area (Å²) in [6.45, 7) is 5.34. The first-order valence-electron chi connectivity index (χ1n) is 12.7. The molecule has 0 aromatic heterocycles. The quantitative estimate of drug-likeness (QED) is 0.318. The van der Waals surface area contributed by atoms with Crippen LogP contribution in [0.15, 0.2) is 77.7 Å². The lowest BCUT2D eigenvalue weighted by Crippen LogP contribution is -2.52. The Labute approximate surface area is 234 Å². The molecule has 0 fully saturated rings. The van der Waals surface area contributed by atoms with E-state index in [4.69, 9.17) is 11.6 Å². The summed E-state index contributed by atoms with van der Waals surface area (Å²) in [5, 5.41) is 3.18. The Morgan fingerprint density at radius 1 is 1.00 bits per heavy atom. The van der Waals surface area contributed by atoms with Crippen LogP contribution in [0.2, 0.25) is 5.02 Å². The highest BCUT2D eigenvalue weighted by atomic mass is 35.5. The lowest BCUT2D eigenvalue weighted by Gasteiger charge is -2.33. The van der Waals surface area contributed by atoms with Crippen molar-refractivity contribution in [2.45, 2.75) is 51.1 Å². The summed E-state index contributed by atoms with van der Waals surface area (Å²) in [6.07, 6.45) is 1.01. The number of aryl methyl sites for hydroxylation is 1. The molecule has 208 valence electrons. The second kappa shape index (κ2) is 13.6. The number of anilines is 1. The number of benzene rings is 3. The van der Waals surface area contributed by atoms with E-state index in [1.165, 1.54) is 47.4 Å². The molecule has 1 atom stereocenters. The Morgan fingerprint density at radius 2 is 1.67 bits per heavy atom. The minimum Gasteiger partial charge on any atom is -0.354 e. The van der Waals surface area contributed by atoms with Gasteiger partial charge in [0.25, 0.3) is 10.0 Å². The normalized spacial score (nSPS) is 12.0. The van der Waals surface area contributed by atoms with Crippen LogP contribution in [-0.4, -0.2) is 44.3 Å². The minimum atomic E-state index is -4.18. The standard InChI is InChI=1S/C29H33ClFN3O4S/c1-4-17-32-29(36)27(5-2)33(19-22-12-14-23(31)15-13-22)28(35)20-34(24-16-11-21(3)26(30)18-24)39(37,38)25-9-7-6-8-10-25/h6-16,18,27H,4-5,17,19-20H2,1-3H3,(H,32,36). The summed E-state index contributed by atoms with van der Waals surface area (Å²) in [5.41, 5.74) is 1.57. The Balaban J connectivity index is 2.06. The third-order valence-electron chi connectivity index (χ3n) is 6.25. The molecule has 10 heteroatoms. The fourth-order valence-electron chi connectivity index (χ4n) is 4.06. The first-order valence-corrected chi connectivity index (χ1v) is 14.6. The molecule has 1 N–H and O–H groups in total. The zero-order valence-electron chi connectivity index (χ0n) is 22.2. The van der Waals surface area contributed by atoms with Gasteiger partial charge in [0.1, 0.15) is 18.4 Å². The highest BCUT2D eigenvalue weighted by Crippen LogP contribution is 2.28. The fourth-order valence-corrected chi connectivity index (χ4v) is 5.66. The first kappa shape index (κ1) is 30.1. The zero-order chi connectivity index (χ0) is 28.6. The Hall–Kier alpha value is -3.43. The van der Waals surface area contributed by atoms with Crippen molar-refractivity contribution in [1.82, 2.24) is 10.2 Å². The Bertz CT molecular complexity index is 1390. The van der Waals surface area contributed by atoms with Gasteiger partial charge in [-0.15, -0.1) is 0 Å². The largest absolute Gasteiger partial charge is 0.354 e. The van der Waals surface area contributed by atoms with Gasteiger partial charge in [0, 0.05) is 18.1 Å². The van der Waals surface area contributed by atoms with Crippen molar-refractivity contribution in [3.8, 4) is 0 Å². The molecule has 0 saturated heterocycles. The van der Waals surface area contributed by atoms with Crippen molar-refractivity contribution in [3.63, 3.8) is 0 Å². The average Bonchev–Trinajstić information content (AvgIpc) is 2.93. The van der Waals surface area contributed by atoms with Gasteiger partial charge >= 0.3 is 0 Å². The molecule has 0 saturated carbocycles. The van der Waals surface area contributed by atoms with E-state index in [9.17, 15) is 22.4 Å². The topological polar surface area (TPSA) is 86.8 Å². The van der Waals surface area contributed by atoms with Gasteiger partial charge in [-0.1, -0.05) is 61.8 Å². The van der Waals surface area contributed by atoms with Gasteiger partial charge in [-0.25, -0.2) is 12.8 Å². The fraction of sp³-hybridized carbons (Fsp3) is 0.310. The smallest absolute Gasteiger partial charge is 0.264 e. The first-order chi connectivity index (χ1) is 18.6. The monoisotopic (exact) mass is 573 g/mol. The third kappa shape index (κ3) is 7.58. The van der Waals surface area contributed by atoms with Crippen LogP contribution in [0.3, 0.4) is 0 Å². The predicted molar refractivity (Wildman–Crippen MR) is 151 cm³/mol. The number of carbonyl (C=O) groups excluding carboxylic acids is 2. The number of sulfonamides is 1. The summed E-state index contributed by atoms with van der Waals surface area (Å²) < 4.78 is 42.1. The SMILES string of the molecule is CCCNC(=O)C(CC)N(Cc1ccc(F)cc1)C(=O)CN(c1ccc(C)c(Cl)c1)S(=O)(=O)c1ccccc1. The molecule has 0 heterocycles. The highest BCUT2D eigenvalue weighted by molar-refractivity contribution is 7.92. The van der Waals surface area contributed by atoms with Crippen molar-refractivity contribution in [2.24, 2.45) is 0 Å². The second-order valence-electron chi connectivity index (χ2n) is 9.12. The van der Waals surface area contributed by atoms with Crippen LogP contribution in [0.1, 0.15) is 37.8 Å². The number of hydrogen-bond acceptors (Lipinski definition) is 4. The van der Waals surface area contributed by atoms with Crippen molar-refractivity contribution < 1.29 is 22.4 Å². The molecule has 1 unspecified atom stereocenters. The summed E-state index contributed by atoms with van der Waals surface area (Å²) in [7, 11) is -4.18. The Kier molecular flexibility index (Phi) is 10.5. The molecule has 7 nitrogen and oxygen atoms in total. The number of carbonyl (C=O) groups is 2. The van der Waals surface area contributed by atoms with E-state index in [1.807, 2.05) is 6.92 Å². The van der Waals surface area contributed by atoms with Crippen LogP contribution in [-0.2, 0) is 26.2 Å². The Morgan fingerprint density at radius 3 is 2.26 bits per heavy atom. The van der Waals surface area contributed by atoms with E-state index in [0.29, 0.717) is 30.0 Å². The summed E-state index contributed by atoms with van der Waals surface area (Å²) in [5.74, 6) is -1.36. The van der Waals surface area contributed by atoms with E-state index < -0.39 is 34.3 Å². The van der Waals surface area contributed by atoms with Gasteiger partial charge in [-0.05, 0) is 67.3 Å². The molecule has 0 spiro atoms. The van der Waals surface area contributed by atoms with Gasteiger partial charge in [-0.2, -0.15) is 0 Å². The number of hydrogen-bond donors (Lipinski definition) is 1. The molecule has 0 bridgehead atoms. The van der Waals surface area contributed by atoms with Gasteiger partial charge in [0.05, 0.1) is 10.6 Å². The van der Waals surface area contributed by atoms with Gasteiger partial charge in [0.15, 0.2) is 0 Å². The maximum absolute atomic E-state index is 13.9. The van der Waals surface area contributed by atoms with Crippen molar-refractivity contribution >= 4 is 39.1 Å². The molecule has 3 aromatic rings. The molecule has 0 aliphatic carbocycles. The van der Waals surface area contributed by atoms with Crippen LogP contribution in [0, 0.1) is 12.7 Å². The molecular weight excluding hydrogens is 541 g/mol. The molecule has 0 radical (unpaired) electrons. The molecule has 39 heavy (non-hydrogen) atoms. The molecule has 3 rings (SSSR count). The summed E-state index contributed by atoms with van der Waals surface area (Å²) >= 11 is 6.34. The van der Waals surface area contributed by atoms with Crippen LogP contribution in [0.4, 0.5) is 10.1 Å². The molecule has 0 aliphatic rings. The van der Waals surface area contributed by atoms with Crippen molar-refractivity contribution in [1.29, 1.82) is 0 Å².